The second kappa shape index (κ2) is 9.30. The maximum absolute atomic E-state index is 12.8. The molecule has 0 saturated carbocycles. The van der Waals surface area contributed by atoms with Crippen LogP contribution >= 0.6 is 0 Å². The van der Waals surface area contributed by atoms with E-state index in [-0.39, 0.29) is 11.9 Å². The molecule has 2 fully saturated rings. The fraction of sp³-hybridized carbons (Fsp3) is 0.417. The van der Waals surface area contributed by atoms with Crippen LogP contribution in [0.15, 0.2) is 54.6 Å². The van der Waals surface area contributed by atoms with Crippen molar-refractivity contribution in [1.82, 2.24) is 10.2 Å². The van der Waals surface area contributed by atoms with E-state index in [2.05, 4.69) is 34.9 Å². The Morgan fingerprint density at radius 1 is 0.967 bits per heavy atom. The van der Waals surface area contributed by atoms with E-state index >= 15 is 0 Å². The summed E-state index contributed by atoms with van der Waals surface area (Å²) >= 11 is 0. The molecule has 2 atom stereocenters. The van der Waals surface area contributed by atoms with Gasteiger partial charge in [0, 0.05) is 31.2 Å². The molecular weight excluding hydrogens is 378 g/mol. The van der Waals surface area contributed by atoms with Crippen LogP contribution in [0.5, 0.6) is 0 Å². The first-order valence-corrected chi connectivity index (χ1v) is 10.8. The molecule has 0 spiro atoms. The molecule has 3 N–H and O–H groups in total. The van der Waals surface area contributed by atoms with E-state index in [1.165, 1.54) is 5.56 Å². The number of benzene rings is 2. The molecule has 0 aliphatic carbocycles. The quantitative estimate of drug-likeness (QED) is 0.719. The van der Waals surface area contributed by atoms with Crippen LogP contribution in [-0.4, -0.2) is 48.2 Å². The third-order valence-corrected chi connectivity index (χ3v) is 6.42. The molecular formula is C24H29N3O3. The van der Waals surface area contributed by atoms with E-state index in [1.54, 1.807) is 0 Å². The topological polar surface area (TPSA) is 81.7 Å². The van der Waals surface area contributed by atoms with Gasteiger partial charge in [-0.3, -0.25) is 4.79 Å². The zero-order valence-corrected chi connectivity index (χ0v) is 17.1. The summed E-state index contributed by atoms with van der Waals surface area (Å²) in [4.78, 5) is 26.3. The van der Waals surface area contributed by atoms with Crippen LogP contribution in [0.25, 0.3) is 0 Å². The zero-order valence-electron chi connectivity index (χ0n) is 17.1. The number of nitrogens with one attached hydrogen (secondary N) is 2. The van der Waals surface area contributed by atoms with E-state index in [1.807, 2.05) is 35.2 Å². The number of aliphatic carboxylic acids is 1. The Morgan fingerprint density at radius 2 is 1.70 bits per heavy atom. The average molecular weight is 408 g/mol. The first kappa shape index (κ1) is 20.4. The lowest BCUT2D eigenvalue weighted by molar-refractivity contribution is -0.143. The van der Waals surface area contributed by atoms with E-state index in [0.29, 0.717) is 18.9 Å². The van der Waals surface area contributed by atoms with Crippen LogP contribution in [-0.2, 0) is 4.79 Å². The number of anilines is 1. The first-order valence-electron chi connectivity index (χ1n) is 10.8. The maximum Gasteiger partial charge on any atom is 0.321 e. The third kappa shape index (κ3) is 4.65. The van der Waals surface area contributed by atoms with Crippen molar-refractivity contribution in [3.63, 3.8) is 0 Å². The lowest BCUT2D eigenvalue weighted by atomic mass is 9.81. The molecule has 158 valence electrons. The fourth-order valence-electron chi connectivity index (χ4n) is 4.70. The number of urea groups is 1. The van der Waals surface area contributed by atoms with Crippen LogP contribution in [0.1, 0.15) is 42.2 Å². The summed E-state index contributed by atoms with van der Waals surface area (Å²) in [6, 6.07) is 18.0. The van der Waals surface area contributed by atoms with Gasteiger partial charge in [0.15, 0.2) is 0 Å². The highest BCUT2D eigenvalue weighted by Crippen LogP contribution is 2.31. The highest BCUT2D eigenvalue weighted by Gasteiger charge is 2.32. The number of piperidine rings is 2. The van der Waals surface area contributed by atoms with Crippen LogP contribution < -0.4 is 10.6 Å². The van der Waals surface area contributed by atoms with E-state index in [4.69, 9.17) is 0 Å². The van der Waals surface area contributed by atoms with Crippen molar-refractivity contribution >= 4 is 17.7 Å². The SMILES string of the molecule is O=C(O)[C@@H]1CCNC[C@H]1c1cccc(NC(=O)N2CCC(c3ccccc3)CC2)c1. The van der Waals surface area contributed by atoms with Crippen molar-refractivity contribution in [3.8, 4) is 0 Å². The molecule has 2 amide bonds. The summed E-state index contributed by atoms with van der Waals surface area (Å²) in [5.41, 5.74) is 3.02. The predicted molar refractivity (Wildman–Crippen MR) is 117 cm³/mol. The molecule has 2 aromatic carbocycles. The minimum Gasteiger partial charge on any atom is -0.481 e. The monoisotopic (exact) mass is 407 g/mol. The summed E-state index contributed by atoms with van der Waals surface area (Å²) in [6.45, 7) is 2.83. The average Bonchev–Trinajstić information content (AvgIpc) is 2.80. The molecule has 2 aromatic rings. The number of nitrogens with zero attached hydrogens (tertiary/aromatic N) is 1. The van der Waals surface area contributed by atoms with E-state index in [0.717, 1.165) is 43.7 Å². The molecule has 2 aliphatic heterocycles. The van der Waals surface area contributed by atoms with Gasteiger partial charge < -0.3 is 20.6 Å². The van der Waals surface area contributed by atoms with Gasteiger partial charge in [-0.15, -0.1) is 0 Å². The van der Waals surface area contributed by atoms with Gasteiger partial charge in [-0.2, -0.15) is 0 Å². The molecule has 2 saturated heterocycles. The van der Waals surface area contributed by atoms with Crippen LogP contribution in [0, 0.1) is 5.92 Å². The van der Waals surface area contributed by atoms with Crippen LogP contribution in [0.3, 0.4) is 0 Å². The summed E-state index contributed by atoms with van der Waals surface area (Å²) in [5, 5.41) is 15.9. The molecule has 6 heteroatoms. The van der Waals surface area contributed by atoms with Crippen molar-refractivity contribution in [2.45, 2.75) is 31.1 Å². The molecule has 6 nitrogen and oxygen atoms in total. The van der Waals surface area contributed by atoms with Gasteiger partial charge in [0.1, 0.15) is 0 Å². The number of hydrogen-bond donors (Lipinski definition) is 3. The number of hydrogen-bond acceptors (Lipinski definition) is 3. The highest BCUT2D eigenvalue weighted by molar-refractivity contribution is 5.89. The molecule has 0 aromatic heterocycles. The Labute approximate surface area is 177 Å². The normalized spacial score (nSPS) is 22.5. The smallest absolute Gasteiger partial charge is 0.321 e. The third-order valence-electron chi connectivity index (χ3n) is 6.42. The van der Waals surface area contributed by atoms with Crippen molar-refractivity contribution < 1.29 is 14.7 Å². The minimum atomic E-state index is -0.753. The Balaban J connectivity index is 1.37. The largest absolute Gasteiger partial charge is 0.481 e. The summed E-state index contributed by atoms with van der Waals surface area (Å²) < 4.78 is 0. The van der Waals surface area contributed by atoms with Crippen molar-refractivity contribution in [2.75, 3.05) is 31.5 Å². The fourth-order valence-corrected chi connectivity index (χ4v) is 4.70. The number of likely N-dealkylation sites (tertiary alicyclic amines) is 1. The molecule has 30 heavy (non-hydrogen) atoms. The second-order valence-electron chi connectivity index (χ2n) is 8.27. The lowest BCUT2D eigenvalue weighted by Gasteiger charge is -2.32. The minimum absolute atomic E-state index is 0.0878. The van der Waals surface area contributed by atoms with E-state index < -0.39 is 11.9 Å². The Hall–Kier alpha value is -2.86. The molecule has 4 rings (SSSR count). The van der Waals surface area contributed by atoms with Gasteiger partial charge in [-0.05, 0) is 55.0 Å². The van der Waals surface area contributed by atoms with Crippen LogP contribution in [0.2, 0.25) is 0 Å². The highest BCUT2D eigenvalue weighted by atomic mass is 16.4. The Morgan fingerprint density at radius 3 is 2.43 bits per heavy atom. The molecule has 2 aliphatic rings. The maximum atomic E-state index is 12.8. The van der Waals surface area contributed by atoms with Gasteiger partial charge in [-0.25, -0.2) is 4.79 Å². The summed E-state index contributed by atoms with van der Waals surface area (Å²) in [7, 11) is 0. The molecule has 0 bridgehead atoms. The van der Waals surface area contributed by atoms with E-state index in [9.17, 15) is 14.7 Å². The van der Waals surface area contributed by atoms with Gasteiger partial charge in [-0.1, -0.05) is 42.5 Å². The Kier molecular flexibility index (Phi) is 6.33. The standard InChI is InChI=1S/C24H29N3O3/c28-23(29)21-9-12-25-16-22(21)19-7-4-8-20(15-19)26-24(30)27-13-10-18(11-14-27)17-5-2-1-3-6-17/h1-8,15,18,21-22,25H,9-14,16H2,(H,26,30)(H,28,29)/t21-,22+/m1/s1. The number of carboxylic acids is 1. The van der Waals surface area contributed by atoms with Crippen LogP contribution in [0.4, 0.5) is 10.5 Å². The van der Waals surface area contributed by atoms with Gasteiger partial charge in [0.25, 0.3) is 0 Å². The molecule has 2 heterocycles. The van der Waals surface area contributed by atoms with Gasteiger partial charge in [0.05, 0.1) is 5.92 Å². The zero-order chi connectivity index (χ0) is 20.9. The number of amides is 2. The van der Waals surface area contributed by atoms with Gasteiger partial charge in [0.2, 0.25) is 0 Å². The summed E-state index contributed by atoms with van der Waals surface area (Å²) in [5.74, 6) is -0.730. The molecule has 0 radical (unpaired) electrons. The lowest BCUT2D eigenvalue weighted by Crippen LogP contribution is -2.40. The van der Waals surface area contributed by atoms with Crippen molar-refractivity contribution in [3.05, 3.63) is 65.7 Å². The number of carboxylic acid groups (broad SMARTS) is 1. The molecule has 0 unspecified atom stereocenters. The number of carbonyl (C=O) groups is 2. The van der Waals surface area contributed by atoms with Gasteiger partial charge >= 0.3 is 12.0 Å². The van der Waals surface area contributed by atoms with Crippen molar-refractivity contribution in [2.24, 2.45) is 5.92 Å². The Bertz CT molecular complexity index is 878. The number of rotatable bonds is 4. The van der Waals surface area contributed by atoms with Crippen molar-refractivity contribution in [1.29, 1.82) is 0 Å². The first-order chi connectivity index (χ1) is 14.6. The second-order valence-corrected chi connectivity index (χ2v) is 8.27. The summed E-state index contributed by atoms with van der Waals surface area (Å²) in [6.07, 6.45) is 2.55. The number of carbonyl (C=O) groups excluding carboxylic acids is 1. The predicted octanol–water partition coefficient (Wildman–Crippen LogP) is 3.88.